The van der Waals surface area contributed by atoms with Crippen molar-refractivity contribution in [1.82, 2.24) is 19.6 Å². The molecule has 5 heterocycles. The number of benzene rings is 1. The third-order valence-electron chi connectivity index (χ3n) is 10.3. The van der Waals surface area contributed by atoms with Crippen LogP contribution in [0.4, 0.5) is 15.3 Å². The highest BCUT2D eigenvalue weighted by Crippen LogP contribution is 2.42. The van der Waals surface area contributed by atoms with Crippen molar-refractivity contribution in [2.75, 3.05) is 45.1 Å². The molecule has 0 saturated carbocycles. The molecular formula is C32H41Br2N5O4S. The van der Waals surface area contributed by atoms with E-state index in [-0.39, 0.29) is 25.1 Å². The van der Waals surface area contributed by atoms with E-state index < -0.39 is 11.8 Å². The number of fused-ring (bicyclic) bond motifs is 1. The topological polar surface area (TPSA) is 85.4 Å². The SMILES string of the molecule is CN1CCC(C2CCN([C@]3(CC=O)C[C@H](N4Cc5sccc5NC4=O)CCN3C(=O)OCc3ccc(Br)c(Br)c3)CC2)CC1. The highest BCUT2D eigenvalue weighted by Gasteiger charge is 2.52. The number of likely N-dealkylation sites (tertiary alicyclic amines) is 3. The summed E-state index contributed by atoms with van der Waals surface area (Å²) in [6.45, 7) is 5.04. The first-order chi connectivity index (χ1) is 21.3. The molecule has 2 atom stereocenters. The molecule has 0 bridgehead atoms. The lowest BCUT2D eigenvalue weighted by Gasteiger charge is -2.57. The number of urea groups is 1. The van der Waals surface area contributed by atoms with E-state index in [0.29, 0.717) is 31.8 Å². The van der Waals surface area contributed by atoms with Gasteiger partial charge < -0.3 is 24.6 Å². The predicted molar refractivity (Wildman–Crippen MR) is 179 cm³/mol. The van der Waals surface area contributed by atoms with Gasteiger partial charge in [-0.05, 0) is 125 Å². The highest BCUT2D eigenvalue weighted by molar-refractivity contribution is 9.13. The van der Waals surface area contributed by atoms with Gasteiger partial charge in [0.1, 0.15) is 18.6 Å². The van der Waals surface area contributed by atoms with Crippen LogP contribution in [0, 0.1) is 11.8 Å². The molecule has 2 aromatic rings. The van der Waals surface area contributed by atoms with Crippen LogP contribution in [-0.2, 0) is 22.7 Å². The number of carbonyl (C=O) groups excluding carboxylic acids is 3. The molecule has 12 heteroatoms. The molecule has 3 saturated heterocycles. The van der Waals surface area contributed by atoms with Crippen LogP contribution in [-0.4, -0.2) is 89.5 Å². The van der Waals surface area contributed by atoms with E-state index in [1.54, 1.807) is 16.2 Å². The van der Waals surface area contributed by atoms with Crippen molar-refractivity contribution in [3.63, 3.8) is 0 Å². The average molecular weight is 752 g/mol. The lowest BCUT2D eigenvalue weighted by atomic mass is 9.77. The lowest BCUT2D eigenvalue weighted by molar-refractivity contribution is -0.129. The van der Waals surface area contributed by atoms with Gasteiger partial charge in [-0.15, -0.1) is 11.3 Å². The number of amides is 3. The zero-order valence-corrected chi connectivity index (χ0v) is 29.2. The van der Waals surface area contributed by atoms with E-state index in [0.717, 1.165) is 76.3 Å². The standard InChI is InChI=1S/C32H41Br2N5O4S/c1-36-11-4-23(5-12-36)24-6-13-37(14-7-24)32(10-16-40)19-25(38-20-29-28(9-17-44-29)35-30(38)41)8-15-39(32)31(42)43-21-22-2-3-26(33)27(34)18-22/h2-3,9,16-18,23-25H,4-8,10-15,19-21H2,1H3,(H,35,41)/t25-,32+/m1/s1. The molecule has 1 aromatic carbocycles. The summed E-state index contributed by atoms with van der Waals surface area (Å²) in [5.74, 6) is 1.40. The summed E-state index contributed by atoms with van der Waals surface area (Å²) in [4.78, 5) is 49.3. The summed E-state index contributed by atoms with van der Waals surface area (Å²) in [6, 6.07) is 7.51. The predicted octanol–water partition coefficient (Wildman–Crippen LogP) is 6.76. The molecular weight excluding hydrogens is 710 g/mol. The number of nitrogens with zero attached hydrogens (tertiary/aromatic N) is 4. The third-order valence-corrected chi connectivity index (χ3v) is 13.1. The zero-order valence-electron chi connectivity index (χ0n) is 25.2. The Morgan fingerprint density at radius 2 is 1.77 bits per heavy atom. The van der Waals surface area contributed by atoms with Gasteiger partial charge >= 0.3 is 12.1 Å². The second-order valence-electron chi connectivity index (χ2n) is 12.7. The molecule has 1 N–H and O–H groups in total. The van der Waals surface area contributed by atoms with Crippen molar-refractivity contribution in [3.05, 3.63) is 49.0 Å². The Hall–Kier alpha value is -1.99. The van der Waals surface area contributed by atoms with Gasteiger partial charge in [0, 0.05) is 52.3 Å². The Balaban J connectivity index is 1.23. The number of hydrogen-bond donors (Lipinski definition) is 1. The van der Waals surface area contributed by atoms with Gasteiger partial charge in [0.15, 0.2) is 0 Å². The largest absolute Gasteiger partial charge is 0.445 e. The Labute approximate surface area is 280 Å². The molecule has 1 aromatic heterocycles. The summed E-state index contributed by atoms with van der Waals surface area (Å²) in [6.07, 6.45) is 6.44. The summed E-state index contributed by atoms with van der Waals surface area (Å²) in [5, 5.41) is 5.05. The Bertz CT molecular complexity index is 1360. The average Bonchev–Trinajstić information content (AvgIpc) is 3.49. The molecule has 4 aliphatic rings. The molecule has 0 unspecified atom stereocenters. The molecule has 0 spiro atoms. The van der Waals surface area contributed by atoms with E-state index in [4.69, 9.17) is 4.74 Å². The fourth-order valence-electron chi connectivity index (χ4n) is 7.78. The van der Waals surface area contributed by atoms with Crippen molar-refractivity contribution in [2.45, 2.75) is 69.8 Å². The molecule has 0 radical (unpaired) electrons. The van der Waals surface area contributed by atoms with E-state index in [1.165, 1.54) is 12.8 Å². The van der Waals surface area contributed by atoms with Crippen LogP contribution in [0.5, 0.6) is 0 Å². The van der Waals surface area contributed by atoms with Crippen LogP contribution < -0.4 is 5.32 Å². The van der Waals surface area contributed by atoms with Crippen molar-refractivity contribution >= 4 is 67.3 Å². The molecule has 6 rings (SSSR count). The fourth-order valence-corrected chi connectivity index (χ4v) is 9.28. The first kappa shape index (κ1) is 32.0. The number of halogens is 2. The van der Waals surface area contributed by atoms with Crippen LogP contribution in [0.25, 0.3) is 0 Å². The van der Waals surface area contributed by atoms with Gasteiger partial charge in [-0.2, -0.15) is 0 Å². The van der Waals surface area contributed by atoms with E-state index in [2.05, 4.69) is 54.0 Å². The van der Waals surface area contributed by atoms with Gasteiger partial charge in [0.05, 0.1) is 12.2 Å². The number of nitrogens with one attached hydrogen (secondary N) is 1. The van der Waals surface area contributed by atoms with Gasteiger partial charge in [0.25, 0.3) is 0 Å². The normalized spacial score (nSPS) is 25.9. The maximum atomic E-state index is 13.9. The molecule has 3 fully saturated rings. The number of hydrogen-bond acceptors (Lipinski definition) is 7. The number of ether oxygens (including phenoxy) is 1. The van der Waals surface area contributed by atoms with Crippen molar-refractivity contribution < 1.29 is 19.1 Å². The van der Waals surface area contributed by atoms with Crippen molar-refractivity contribution in [3.8, 4) is 0 Å². The van der Waals surface area contributed by atoms with Crippen LogP contribution in [0.3, 0.4) is 0 Å². The van der Waals surface area contributed by atoms with E-state index >= 15 is 0 Å². The van der Waals surface area contributed by atoms with E-state index in [9.17, 15) is 14.4 Å². The number of carbonyl (C=O) groups is 3. The van der Waals surface area contributed by atoms with Crippen molar-refractivity contribution in [2.24, 2.45) is 11.8 Å². The minimum absolute atomic E-state index is 0.108. The minimum Gasteiger partial charge on any atom is -0.445 e. The number of rotatable bonds is 7. The number of piperidine rings is 3. The summed E-state index contributed by atoms with van der Waals surface area (Å²) >= 11 is 8.67. The number of aldehydes is 1. The molecule has 238 valence electrons. The summed E-state index contributed by atoms with van der Waals surface area (Å²) < 4.78 is 7.75. The fraction of sp³-hybridized carbons (Fsp3) is 0.594. The number of thiophene rings is 1. The third kappa shape index (κ3) is 6.61. The monoisotopic (exact) mass is 749 g/mol. The lowest BCUT2D eigenvalue weighted by Crippen LogP contribution is -2.69. The highest BCUT2D eigenvalue weighted by atomic mass is 79.9. The first-order valence-electron chi connectivity index (χ1n) is 15.7. The minimum atomic E-state index is -0.851. The Morgan fingerprint density at radius 3 is 2.48 bits per heavy atom. The van der Waals surface area contributed by atoms with Crippen LogP contribution in [0.1, 0.15) is 55.4 Å². The molecule has 3 amide bonds. The number of anilines is 1. The smallest absolute Gasteiger partial charge is 0.411 e. The zero-order chi connectivity index (χ0) is 30.8. The van der Waals surface area contributed by atoms with Gasteiger partial charge in [0.2, 0.25) is 0 Å². The summed E-state index contributed by atoms with van der Waals surface area (Å²) in [7, 11) is 2.20. The van der Waals surface area contributed by atoms with Gasteiger partial charge in [-0.1, -0.05) is 6.07 Å². The molecule has 9 nitrogen and oxygen atoms in total. The Kier molecular flexibility index (Phi) is 10.0. The second-order valence-corrected chi connectivity index (χ2v) is 15.4. The summed E-state index contributed by atoms with van der Waals surface area (Å²) in [5.41, 5.74) is 0.905. The molecule has 4 aliphatic heterocycles. The van der Waals surface area contributed by atoms with Gasteiger partial charge in [-0.25, -0.2) is 9.59 Å². The molecule has 44 heavy (non-hydrogen) atoms. The second kappa shape index (κ2) is 13.8. The van der Waals surface area contributed by atoms with Crippen LogP contribution >= 0.6 is 43.2 Å². The van der Waals surface area contributed by atoms with Crippen LogP contribution in [0.15, 0.2) is 38.6 Å². The van der Waals surface area contributed by atoms with Crippen molar-refractivity contribution in [1.29, 1.82) is 0 Å². The van der Waals surface area contributed by atoms with Gasteiger partial charge in [-0.3, -0.25) is 9.80 Å². The first-order valence-corrected chi connectivity index (χ1v) is 18.1. The maximum Gasteiger partial charge on any atom is 0.411 e. The quantitative estimate of drug-likeness (QED) is 0.315. The van der Waals surface area contributed by atoms with Crippen LogP contribution in [0.2, 0.25) is 0 Å². The molecule has 0 aliphatic carbocycles. The van der Waals surface area contributed by atoms with E-state index in [1.807, 2.05) is 34.5 Å². The maximum absolute atomic E-state index is 13.9. The Morgan fingerprint density at radius 1 is 1.05 bits per heavy atom.